The van der Waals surface area contributed by atoms with E-state index in [1.165, 1.54) is 0 Å². The summed E-state index contributed by atoms with van der Waals surface area (Å²) in [5, 5.41) is 14.3. The zero-order valence-electron chi connectivity index (χ0n) is 10.6. The van der Waals surface area contributed by atoms with Crippen molar-refractivity contribution in [3.63, 3.8) is 0 Å². The standard InChI is InChI=1S/C12H23N3O/c1-8(2)5-6-11(13)12(16)10-7-15(4)14-9(10)3/h7-8,11-12,16H,5-6,13H2,1-4H3. The predicted octanol–water partition coefficient (Wildman–Crippen LogP) is 1.53. The minimum absolute atomic E-state index is 0.203. The third-order valence-corrected chi connectivity index (χ3v) is 2.85. The van der Waals surface area contributed by atoms with Crippen LogP contribution in [0.15, 0.2) is 6.20 Å². The van der Waals surface area contributed by atoms with E-state index >= 15 is 0 Å². The normalized spacial score (nSPS) is 15.4. The summed E-state index contributed by atoms with van der Waals surface area (Å²) >= 11 is 0. The van der Waals surface area contributed by atoms with Crippen LogP contribution in [0.3, 0.4) is 0 Å². The van der Waals surface area contributed by atoms with Gasteiger partial charge in [-0.1, -0.05) is 13.8 Å². The number of hydrogen-bond acceptors (Lipinski definition) is 3. The molecule has 0 aliphatic rings. The summed E-state index contributed by atoms with van der Waals surface area (Å²) < 4.78 is 1.71. The molecule has 1 rings (SSSR count). The summed E-state index contributed by atoms with van der Waals surface area (Å²) in [6, 6.07) is -0.203. The van der Waals surface area contributed by atoms with Crippen LogP contribution >= 0.6 is 0 Å². The van der Waals surface area contributed by atoms with E-state index in [2.05, 4.69) is 18.9 Å². The van der Waals surface area contributed by atoms with Crippen molar-refractivity contribution in [3.8, 4) is 0 Å². The van der Waals surface area contributed by atoms with E-state index in [0.29, 0.717) is 5.92 Å². The van der Waals surface area contributed by atoms with Crippen LogP contribution in [0.4, 0.5) is 0 Å². The molecule has 0 saturated heterocycles. The van der Waals surface area contributed by atoms with E-state index in [9.17, 15) is 5.11 Å². The summed E-state index contributed by atoms with van der Waals surface area (Å²) in [7, 11) is 1.85. The van der Waals surface area contributed by atoms with Gasteiger partial charge in [0.1, 0.15) is 0 Å². The molecule has 0 fully saturated rings. The summed E-state index contributed by atoms with van der Waals surface area (Å²) in [6.07, 6.45) is 3.12. The molecule has 0 radical (unpaired) electrons. The Morgan fingerprint density at radius 2 is 2.06 bits per heavy atom. The van der Waals surface area contributed by atoms with E-state index in [1.807, 2.05) is 20.2 Å². The zero-order valence-corrected chi connectivity index (χ0v) is 10.6. The molecule has 1 aromatic rings. The minimum Gasteiger partial charge on any atom is -0.387 e. The van der Waals surface area contributed by atoms with Crippen LogP contribution in [0.2, 0.25) is 0 Å². The lowest BCUT2D eigenvalue weighted by Crippen LogP contribution is -2.28. The summed E-state index contributed by atoms with van der Waals surface area (Å²) in [4.78, 5) is 0. The maximum atomic E-state index is 10.1. The molecule has 2 unspecified atom stereocenters. The smallest absolute Gasteiger partial charge is 0.0973 e. The van der Waals surface area contributed by atoms with Gasteiger partial charge in [-0.3, -0.25) is 4.68 Å². The molecular weight excluding hydrogens is 202 g/mol. The number of aliphatic hydroxyl groups excluding tert-OH is 1. The van der Waals surface area contributed by atoms with Crippen molar-refractivity contribution in [2.45, 2.75) is 45.8 Å². The second-order valence-electron chi connectivity index (χ2n) is 4.92. The first kappa shape index (κ1) is 13.2. The molecule has 0 saturated carbocycles. The average Bonchev–Trinajstić information content (AvgIpc) is 2.53. The first-order valence-electron chi connectivity index (χ1n) is 5.85. The molecule has 92 valence electrons. The quantitative estimate of drug-likeness (QED) is 0.798. The molecule has 3 N–H and O–H groups in total. The summed E-state index contributed by atoms with van der Waals surface area (Å²) in [5.41, 5.74) is 7.69. The largest absolute Gasteiger partial charge is 0.387 e. The fraction of sp³-hybridized carbons (Fsp3) is 0.750. The van der Waals surface area contributed by atoms with E-state index in [0.717, 1.165) is 24.1 Å². The Morgan fingerprint density at radius 3 is 2.50 bits per heavy atom. The Kier molecular flexibility index (Phi) is 4.50. The molecule has 0 amide bonds. The number of nitrogens with zero attached hydrogens (tertiary/aromatic N) is 2. The number of rotatable bonds is 5. The molecular formula is C12H23N3O. The second kappa shape index (κ2) is 5.46. The Balaban J connectivity index is 2.63. The molecule has 4 heteroatoms. The van der Waals surface area contributed by atoms with Gasteiger partial charge >= 0.3 is 0 Å². The van der Waals surface area contributed by atoms with Crippen LogP contribution < -0.4 is 5.73 Å². The number of aromatic nitrogens is 2. The lowest BCUT2D eigenvalue weighted by molar-refractivity contribution is 0.138. The average molecular weight is 225 g/mol. The second-order valence-corrected chi connectivity index (χ2v) is 4.92. The molecule has 1 heterocycles. The number of nitrogens with two attached hydrogens (primary N) is 1. The number of aryl methyl sites for hydroxylation is 2. The highest BCUT2D eigenvalue weighted by Crippen LogP contribution is 2.22. The van der Waals surface area contributed by atoms with Gasteiger partial charge in [0.05, 0.1) is 11.8 Å². The van der Waals surface area contributed by atoms with Crippen LogP contribution in [-0.4, -0.2) is 20.9 Å². The van der Waals surface area contributed by atoms with Gasteiger partial charge in [-0.15, -0.1) is 0 Å². The maximum Gasteiger partial charge on any atom is 0.0973 e. The van der Waals surface area contributed by atoms with Crippen molar-refractivity contribution in [2.24, 2.45) is 18.7 Å². The van der Waals surface area contributed by atoms with Gasteiger partial charge in [0.15, 0.2) is 0 Å². The van der Waals surface area contributed by atoms with Gasteiger partial charge in [-0.25, -0.2) is 0 Å². The van der Waals surface area contributed by atoms with Crippen molar-refractivity contribution in [1.29, 1.82) is 0 Å². The Hall–Kier alpha value is -0.870. The van der Waals surface area contributed by atoms with E-state index in [-0.39, 0.29) is 6.04 Å². The molecule has 0 bridgehead atoms. The van der Waals surface area contributed by atoms with Crippen molar-refractivity contribution in [1.82, 2.24) is 9.78 Å². The topological polar surface area (TPSA) is 64.1 Å². The first-order valence-corrected chi connectivity index (χ1v) is 5.85. The molecule has 0 aromatic carbocycles. The van der Waals surface area contributed by atoms with Crippen LogP contribution in [0.25, 0.3) is 0 Å². The fourth-order valence-electron chi connectivity index (χ4n) is 1.82. The Morgan fingerprint density at radius 1 is 1.44 bits per heavy atom. The van der Waals surface area contributed by atoms with Crippen molar-refractivity contribution in [2.75, 3.05) is 0 Å². The van der Waals surface area contributed by atoms with E-state index < -0.39 is 6.10 Å². The lowest BCUT2D eigenvalue weighted by atomic mass is 9.96. The maximum absolute atomic E-state index is 10.1. The highest BCUT2D eigenvalue weighted by Gasteiger charge is 2.20. The van der Waals surface area contributed by atoms with Gasteiger partial charge in [-0.05, 0) is 25.7 Å². The SMILES string of the molecule is Cc1nn(C)cc1C(O)C(N)CCC(C)C. The monoisotopic (exact) mass is 225 g/mol. The summed E-state index contributed by atoms with van der Waals surface area (Å²) in [5.74, 6) is 0.619. The molecule has 0 aliphatic heterocycles. The Labute approximate surface area is 97.5 Å². The molecule has 16 heavy (non-hydrogen) atoms. The number of aliphatic hydroxyl groups is 1. The fourth-order valence-corrected chi connectivity index (χ4v) is 1.82. The van der Waals surface area contributed by atoms with Crippen LogP contribution in [0.5, 0.6) is 0 Å². The van der Waals surface area contributed by atoms with Crippen molar-refractivity contribution in [3.05, 3.63) is 17.5 Å². The van der Waals surface area contributed by atoms with Gasteiger partial charge in [0, 0.05) is 24.8 Å². The minimum atomic E-state index is -0.604. The van der Waals surface area contributed by atoms with Crippen LogP contribution in [-0.2, 0) is 7.05 Å². The van der Waals surface area contributed by atoms with Crippen molar-refractivity contribution < 1.29 is 5.11 Å². The van der Waals surface area contributed by atoms with Gasteiger partial charge in [0.25, 0.3) is 0 Å². The van der Waals surface area contributed by atoms with E-state index in [4.69, 9.17) is 5.73 Å². The highest BCUT2D eigenvalue weighted by atomic mass is 16.3. The third kappa shape index (κ3) is 3.32. The molecule has 4 nitrogen and oxygen atoms in total. The van der Waals surface area contributed by atoms with Gasteiger partial charge < -0.3 is 10.8 Å². The molecule has 1 aromatic heterocycles. The predicted molar refractivity (Wildman–Crippen MR) is 65.0 cm³/mol. The third-order valence-electron chi connectivity index (χ3n) is 2.85. The molecule has 2 atom stereocenters. The first-order chi connectivity index (χ1) is 7.41. The van der Waals surface area contributed by atoms with Crippen LogP contribution in [0.1, 0.15) is 44.1 Å². The highest BCUT2D eigenvalue weighted by molar-refractivity contribution is 5.19. The van der Waals surface area contributed by atoms with Gasteiger partial charge in [0.2, 0.25) is 0 Å². The lowest BCUT2D eigenvalue weighted by Gasteiger charge is -2.19. The Bertz CT molecular complexity index is 333. The zero-order chi connectivity index (χ0) is 12.3. The van der Waals surface area contributed by atoms with E-state index in [1.54, 1.807) is 4.68 Å². The summed E-state index contributed by atoms with van der Waals surface area (Å²) in [6.45, 7) is 6.22. The number of hydrogen-bond donors (Lipinski definition) is 2. The van der Waals surface area contributed by atoms with Gasteiger partial charge in [-0.2, -0.15) is 5.10 Å². The van der Waals surface area contributed by atoms with Crippen molar-refractivity contribution >= 4 is 0 Å². The molecule has 0 aliphatic carbocycles. The van der Waals surface area contributed by atoms with Crippen LogP contribution in [0, 0.1) is 12.8 Å². The molecule has 0 spiro atoms.